The summed E-state index contributed by atoms with van der Waals surface area (Å²) < 4.78 is 5.42. The Morgan fingerprint density at radius 3 is 2.50 bits per heavy atom. The van der Waals surface area contributed by atoms with Crippen LogP contribution in [0.3, 0.4) is 0 Å². The molecule has 3 aromatic rings. The van der Waals surface area contributed by atoms with Crippen molar-refractivity contribution in [3.63, 3.8) is 0 Å². The molecular formula is C20H19N3O3. The largest absolute Gasteiger partial charge is 0.484 e. The number of carbonyl (C=O) groups excluding carboxylic acids is 2. The number of carbonyl (C=O) groups is 2. The van der Waals surface area contributed by atoms with E-state index in [0.717, 1.165) is 5.39 Å². The van der Waals surface area contributed by atoms with E-state index in [4.69, 9.17) is 4.74 Å². The van der Waals surface area contributed by atoms with E-state index < -0.39 is 0 Å². The minimum Gasteiger partial charge on any atom is -0.484 e. The molecule has 0 saturated carbocycles. The number of hydrogen-bond acceptors (Lipinski definition) is 4. The molecule has 3 rings (SSSR count). The summed E-state index contributed by atoms with van der Waals surface area (Å²) in [7, 11) is 3.35. The van der Waals surface area contributed by atoms with E-state index in [9.17, 15) is 9.59 Å². The summed E-state index contributed by atoms with van der Waals surface area (Å²) >= 11 is 0. The summed E-state index contributed by atoms with van der Waals surface area (Å²) in [6.45, 7) is -0.0274. The van der Waals surface area contributed by atoms with Gasteiger partial charge in [-0.2, -0.15) is 0 Å². The number of aromatic nitrogens is 1. The SMILES string of the molecule is CN(C)C(=O)COc1ccc(NC(=O)c2cccc3cccnc23)cc1. The van der Waals surface area contributed by atoms with E-state index in [-0.39, 0.29) is 18.4 Å². The number of benzene rings is 2. The summed E-state index contributed by atoms with van der Waals surface area (Å²) in [6.07, 6.45) is 1.67. The minimum atomic E-state index is -0.231. The molecule has 1 aromatic heterocycles. The predicted octanol–water partition coefficient (Wildman–Crippen LogP) is 2.95. The molecule has 0 saturated heterocycles. The fraction of sp³-hybridized carbons (Fsp3) is 0.150. The lowest BCUT2D eigenvalue weighted by Crippen LogP contribution is -2.27. The number of nitrogens with zero attached hydrogens (tertiary/aromatic N) is 2. The Morgan fingerprint density at radius 2 is 1.77 bits per heavy atom. The van der Waals surface area contributed by atoms with Gasteiger partial charge >= 0.3 is 0 Å². The zero-order valence-electron chi connectivity index (χ0n) is 14.6. The molecule has 0 aliphatic rings. The first kappa shape index (κ1) is 17.4. The second-order valence-electron chi connectivity index (χ2n) is 5.94. The predicted molar refractivity (Wildman–Crippen MR) is 100 cm³/mol. The van der Waals surface area contributed by atoms with E-state index in [1.54, 1.807) is 50.6 Å². The lowest BCUT2D eigenvalue weighted by Gasteiger charge is -2.12. The highest BCUT2D eigenvalue weighted by molar-refractivity contribution is 6.11. The van der Waals surface area contributed by atoms with E-state index in [1.807, 2.05) is 24.3 Å². The number of hydrogen-bond donors (Lipinski definition) is 1. The lowest BCUT2D eigenvalue weighted by atomic mass is 10.1. The number of para-hydroxylation sites is 1. The quantitative estimate of drug-likeness (QED) is 0.769. The maximum absolute atomic E-state index is 12.6. The number of ether oxygens (including phenoxy) is 1. The molecule has 0 spiro atoms. The summed E-state index contributed by atoms with van der Waals surface area (Å²) in [5, 5.41) is 3.76. The third-order valence-corrected chi connectivity index (χ3v) is 3.85. The van der Waals surface area contributed by atoms with Crippen LogP contribution in [0, 0.1) is 0 Å². The van der Waals surface area contributed by atoms with Crippen LogP contribution in [0.15, 0.2) is 60.8 Å². The average molecular weight is 349 g/mol. The first-order chi connectivity index (χ1) is 12.5. The Kier molecular flexibility index (Phi) is 5.12. The van der Waals surface area contributed by atoms with Crippen LogP contribution in [0.25, 0.3) is 10.9 Å². The number of likely N-dealkylation sites (N-methyl/N-ethyl adjacent to an activating group) is 1. The van der Waals surface area contributed by atoms with Crippen molar-refractivity contribution in [2.24, 2.45) is 0 Å². The molecule has 26 heavy (non-hydrogen) atoms. The van der Waals surface area contributed by atoms with Crippen LogP contribution >= 0.6 is 0 Å². The normalized spacial score (nSPS) is 10.4. The van der Waals surface area contributed by atoms with Gasteiger partial charge in [0, 0.05) is 31.4 Å². The summed E-state index contributed by atoms with van der Waals surface area (Å²) in [6, 6.07) is 16.1. The molecule has 0 atom stereocenters. The van der Waals surface area contributed by atoms with E-state index in [2.05, 4.69) is 10.3 Å². The van der Waals surface area contributed by atoms with Gasteiger partial charge in [-0.05, 0) is 36.4 Å². The molecule has 6 heteroatoms. The molecule has 1 N–H and O–H groups in total. The number of anilines is 1. The lowest BCUT2D eigenvalue weighted by molar-refractivity contribution is -0.130. The first-order valence-corrected chi connectivity index (χ1v) is 8.13. The fourth-order valence-electron chi connectivity index (χ4n) is 2.39. The van der Waals surface area contributed by atoms with Gasteiger partial charge in [0.15, 0.2) is 6.61 Å². The van der Waals surface area contributed by atoms with Crippen molar-refractivity contribution in [3.8, 4) is 5.75 Å². The van der Waals surface area contributed by atoms with Crippen LogP contribution in [-0.2, 0) is 4.79 Å². The van der Waals surface area contributed by atoms with Crippen LogP contribution in [-0.4, -0.2) is 42.4 Å². The summed E-state index contributed by atoms with van der Waals surface area (Å²) in [5.74, 6) is 0.210. The molecule has 0 aliphatic heterocycles. The van der Waals surface area contributed by atoms with Crippen molar-refractivity contribution in [1.29, 1.82) is 0 Å². The van der Waals surface area contributed by atoms with Gasteiger partial charge in [0.1, 0.15) is 5.75 Å². The van der Waals surface area contributed by atoms with Crippen LogP contribution in [0.2, 0.25) is 0 Å². The standard InChI is InChI=1S/C20H19N3O3/c1-23(2)18(24)13-26-16-10-8-15(9-11-16)22-20(25)17-7-3-5-14-6-4-12-21-19(14)17/h3-12H,13H2,1-2H3,(H,22,25). The third kappa shape index (κ3) is 3.97. The Morgan fingerprint density at radius 1 is 1.04 bits per heavy atom. The zero-order chi connectivity index (χ0) is 18.5. The number of amides is 2. The first-order valence-electron chi connectivity index (χ1n) is 8.13. The van der Waals surface area contributed by atoms with Crippen LogP contribution < -0.4 is 10.1 Å². The summed E-state index contributed by atoms with van der Waals surface area (Å²) in [4.78, 5) is 29.9. The monoisotopic (exact) mass is 349 g/mol. The van der Waals surface area contributed by atoms with E-state index in [1.165, 1.54) is 4.90 Å². The minimum absolute atomic E-state index is 0.0274. The van der Waals surface area contributed by atoms with Crippen molar-refractivity contribution in [1.82, 2.24) is 9.88 Å². The van der Waals surface area contributed by atoms with Gasteiger partial charge in [0.05, 0.1) is 11.1 Å². The number of rotatable bonds is 5. The molecule has 0 radical (unpaired) electrons. The maximum Gasteiger partial charge on any atom is 0.259 e. The van der Waals surface area contributed by atoms with Gasteiger partial charge in [-0.15, -0.1) is 0 Å². The highest BCUT2D eigenvalue weighted by atomic mass is 16.5. The van der Waals surface area contributed by atoms with Crippen molar-refractivity contribution >= 4 is 28.4 Å². The highest BCUT2D eigenvalue weighted by Crippen LogP contribution is 2.19. The molecule has 0 fully saturated rings. The van der Waals surface area contributed by atoms with Gasteiger partial charge in [0.2, 0.25) is 0 Å². The Hall–Kier alpha value is -3.41. The molecular weight excluding hydrogens is 330 g/mol. The number of fused-ring (bicyclic) bond motifs is 1. The molecule has 6 nitrogen and oxygen atoms in total. The van der Waals surface area contributed by atoms with Crippen molar-refractivity contribution in [3.05, 3.63) is 66.4 Å². The summed E-state index contributed by atoms with van der Waals surface area (Å²) in [5.41, 5.74) is 1.81. The molecule has 1 heterocycles. The van der Waals surface area contributed by atoms with Crippen molar-refractivity contribution in [2.75, 3.05) is 26.0 Å². The number of nitrogens with one attached hydrogen (secondary N) is 1. The molecule has 0 aliphatic carbocycles. The maximum atomic E-state index is 12.6. The third-order valence-electron chi connectivity index (χ3n) is 3.85. The van der Waals surface area contributed by atoms with Gasteiger partial charge in [-0.25, -0.2) is 0 Å². The number of pyridine rings is 1. The van der Waals surface area contributed by atoms with E-state index >= 15 is 0 Å². The molecule has 132 valence electrons. The fourth-order valence-corrected chi connectivity index (χ4v) is 2.39. The van der Waals surface area contributed by atoms with Gasteiger partial charge < -0.3 is 15.0 Å². The molecule has 2 amide bonds. The second kappa shape index (κ2) is 7.65. The van der Waals surface area contributed by atoms with Crippen molar-refractivity contribution in [2.45, 2.75) is 0 Å². The van der Waals surface area contributed by atoms with Crippen LogP contribution in [0.1, 0.15) is 10.4 Å². The Bertz CT molecular complexity index is 931. The topological polar surface area (TPSA) is 71.5 Å². The van der Waals surface area contributed by atoms with Crippen LogP contribution in [0.5, 0.6) is 5.75 Å². The Labute approximate surface area is 151 Å². The molecule has 0 unspecified atom stereocenters. The van der Waals surface area contributed by atoms with E-state index in [0.29, 0.717) is 22.5 Å². The zero-order valence-corrected chi connectivity index (χ0v) is 14.6. The van der Waals surface area contributed by atoms with Crippen molar-refractivity contribution < 1.29 is 14.3 Å². The second-order valence-corrected chi connectivity index (χ2v) is 5.94. The van der Waals surface area contributed by atoms with Gasteiger partial charge in [-0.3, -0.25) is 14.6 Å². The Balaban J connectivity index is 1.69. The van der Waals surface area contributed by atoms with Crippen LogP contribution in [0.4, 0.5) is 5.69 Å². The molecule has 0 bridgehead atoms. The van der Waals surface area contributed by atoms with Gasteiger partial charge in [0.25, 0.3) is 11.8 Å². The molecule has 2 aromatic carbocycles. The average Bonchev–Trinajstić information content (AvgIpc) is 2.66. The smallest absolute Gasteiger partial charge is 0.259 e. The highest BCUT2D eigenvalue weighted by Gasteiger charge is 2.11. The van der Waals surface area contributed by atoms with Gasteiger partial charge in [-0.1, -0.05) is 18.2 Å².